The van der Waals surface area contributed by atoms with Gasteiger partial charge in [0.1, 0.15) is 23.0 Å². The zero-order valence-electron chi connectivity index (χ0n) is 23.3. The number of imidazole rings is 1. The average Bonchev–Trinajstić information content (AvgIpc) is 3.48. The van der Waals surface area contributed by atoms with Crippen molar-refractivity contribution in [3.8, 4) is 11.4 Å². The van der Waals surface area contributed by atoms with E-state index in [1.807, 2.05) is 36.4 Å². The number of aromatic nitrogens is 2. The number of alkyl halides is 3. The number of carbonyl (C=O) groups excluding carboxylic acids is 2. The molecule has 2 N–H and O–H groups in total. The van der Waals surface area contributed by atoms with Crippen LogP contribution in [-0.2, 0) is 17.5 Å². The van der Waals surface area contributed by atoms with E-state index >= 15 is 0 Å². The zero-order chi connectivity index (χ0) is 31.4. The zero-order valence-corrected chi connectivity index (χ0v) is 23.3. The van der Waals surface area contributed by atoms with Crippen LogP contribution in [0.5, 0.6) is 0 Å². The molecule has 224 valence electrons. The van der Waals surface area contributed by atoms with Crippen molar-refractivity contribution in [3.05, 3.63) is 108 Å². The van der Waals surface area contributed by atoms with Gasteiger partial charge in [0, 0.05) is 16.9 Å². The lowest BCUT2D eigenvalue weighted by Gasteiger charge is -2.28. The number of hydrogen-bond acceptors (Lipinski definition) is 4. The van der Waals surface area contributed by atoms with Crippen molar-refractivity contribution >= 4 is 40.0 Å². The maximum absolute atomic E-state index is 14.4. The van der Waals surface area contributed by atoms with Gasteiger partial charge in [-0.2, -0.15) is 13.2 Å². The maximum atomic E-state index is 14.4. The molecule has 0 spiro atoms. The Balaban J connectivity index is 1.27. The standard InChI is InChI=1S/C32H24F5N5O2/c1-31(2)29(43)42(22-13-14-24(34)23(16-22)32(35,36)37)30(44)41(31)17-19-7-10-20(33)15-27(19)38-21-11-8-18(9-12-21)28-39-25-5-3-4-6-26(25)40-28/h3-16,38H,17H2,1-2H3,(H,39,40). The number of carbonyl (C=O) groups is 2. The summed E-state index contributed by atoms with van der Waals surface area (Å²) in [5.41, 5.74) is 0.419. The second-order valence-electron chi connectivity index (χ2n) is 10.8. The minimum absolute atomic E-state index is 0.179. The Kier molecular flexibility index (Phi) is 6.87. The molecule has 0 radical (unpaired) electrons. The highest BCUT2D eigenvalue weighted by atomic mass is 19.4. The van der Waals surface area contributed by atoms with Gasteiger partial charge in [-0.05, 0) is 86.1 Å². The summed E-state index contributed by atoms with van der Waals surface area (Å²) in [6, 6.07) is 19.8. The highest BCUT2D eigenvalue weighted by Crippen LogP contribution is 2.38. The number of nitrogens with one attached hydrogen (secondary N) is 2. The molecule has 6 rings (SSSR count). The normalized spacial score (nSPS) is 15.0. The number of anilines is 3. The highest BCUT2D eigenvalue weighted by molar-refractivity contribution is 6.23. The molecule has 3 amide bonds. The first-order valence-electron chi connectivity index (χ1n) is 13.5. The second-order valence-corrected chi connectivity index (χ2v) is 10.8. The molecule has 1 aliphatic heterocycles. The number of H-pyrrole nitrogens is 1. The van der Waals surface area contributed by atoms with Crippen LogP contribution < -0.4 is 10.2 Å². The summed E-state index contributed by atoms with van der Waals surface area (Å²) in [6.45, 7) is 2.73. The van der Waals surface area contributed by atoms with Gasteiger partial charge in [0.05, 0.1) is 28.8 Å². The van der Waals surface area contributed by atoms with Gasteiger partial charge in [0.2, 0.25) is 0 Å². The predicted octanol–water partition coefficient (Wildman–Crippen LogP) is 8.02. The number of hydrogen-bond donors (Lipinski definition) is 2. The lowest BCUT2D eigenvalue weighted by Crippen LogP contribution is -2.43. The van der Waals surface area contributed by atoms with Crippen molar-refractivity contribution in [1.29, 1.82) is 0 Å². The molecule has 2 heterocycles. The number of halogens is 5. The van der Waals surface area contributed by atoms with E-state index in [0.717, 1.165) is 22.7 Å². The summed E-state index contributed by atoms with van der Waals surface area (Å²) in [6.07, 6.45) is -5.03. The summed E-state index contributed by atoms with van der Waals surface area (Å²) >= 11 is 0. The third-order valence-corrected chi connectivity index (χ3v) is 7.56. The van der Waals surface area contributed by atoms with Crippen molar-refractivity contribution in [1.82, 2.24) is 14.9 Å². The molecule has 5 aromatic rings. The fourth-order valence-corrected chi connectivity index (χ4v) is 5.13. The van der Waals surface area contributed by atoms with Crippen LogP contribution in [0, 0.1) is 11.6 Å². The molecule has 44 heavy (non-hydrogen) atoms. The van der Waals surface area contributed by atoms with Gasteiger partial charge in [-0.15, -0.1) is 0 Å². The van der Waals surface area contributed by atoms with Gasteiger partial charge in [-0.1, -0.05) is 18.2 Å². The van der Waals surface area contributed by atoms with E-state index in [1.165, 1.54) is 36.9 Å². The molecule has 0 saturated carbocycles. The molecule has 1 aromatic heterocycles. The van der Waals surface area contributed by atoms with Crippen LogP contribution in [0.1, 0.15) is 25.0 Å². The van der Waals surface area contributed by atoms with Gasteiger partial charge in [-0.3, -0.25) is 4.79 Å². The quantitative estimate of drug-likeness (QED) is 0.152. The monoisotopic (exact) mass is 605 g/mol. The van der Waals surface area contributed by atoms with Crippen LogP contribution in [0.25, 0.3) is 22.4 Å². The summed E-state index contributed by atoms with van der Waals surface area (Å²) < 4.78 is 68.3. The molecule has 0 bridgehead atoms. The smallest absolute Gasteiger partial charge is 0.355 e. The Bertz CT molecular complexity index is 1880. The number of imide groups is 1. The fraction of sp³-hybridized carbons (Fsp3) is 0.156. The van der Waals surface area contributed by atoms with Crippen LogP contribution >= 0.6 is 0 Å². The summed E-state index contributed by atoms with van der Waals surface area (Å²) in [5, 5.41) is 3.15. The van der Waals surface area contributed by atoms with E-state index in [9.17, 15) is 31.5 Å². The van der Waals surface area contributed by atoms with Gasteiger partial charge in [-0.25, -0.2) is 23.5 Å². The Hall–Kier alpha value is -5.26. The first-order valence-corrected chi connectivity index (χ1v) is 13.5. The largest absolute Gasteiger partial charge is 0.419 e. The number of para-hydroxylation sites is 2. The Morgan fingerprint density at radius 2 is 1.64 bits per heavy atom. The number of aromatic amines is 1. The van der Waals surface area contributed by atoms with Gasteiger partial charge in [0.25, 0.3) is 5.91 Å². The van der Waals surface area contributed by atoms with Crippen molar-refractivity contribution < 1.29 is 31.5 Å². The molecule has 1 saturated heterocycles. The number of amides is 3. The van der Waals surface area contributed by atoms with Crippen LogP contribution in [0.3, 0.4) is 0 Å². The first-order chi connectivity index (χ1) is 20.8. The average molecular weight is 606 g/mol. The van der Waals surface area contributed by atoms with Crippen molar-refractivity contribution in [2.45, 2.75) is 32.1 Å². The van der Waals surface area contributed by atoms with Gasteiger partial charge < -0.3 is 15.2 Å². The molecule has 1 aliphatic rings. The second kappa shape index (κ2) is 10.5. The lowest BCUT2D eigenvalue weighted by atomic mass is 10.0. The number of nitrogens with zero attached hydrogens (tertiary/aromatic N) is 3. The van der Waals surface area contributed by atoms with Crippen LogP contribution in [0.2, 0.25) is 0 Å². The first kappa shape index (κ1) is 28.8. The topological polar surface area (TPSA) is 81.3 Å². The molecule has 0 atom stereocenters. The molecule has 12 heteroatoms. The number of rotatable bonds is 6. The molecular formula is C32H24F5N5O2. The fourth-order valence-electron chi connectivity index (χ4n) is 5.13. The minimum atomic E-state index is -5.03. The third-order valence-electron chi connectivity index (χ3n) is 7.56. The SMILES string of the molecule is CC1(C)C(=O)N(c2ccc(F)c(C(F)(F)F)c2)C(=O)N1Cc1ccc(F)cc1Nc1ccc(-c2nc3ccccc3[nH]2)cc1. The van der Waals surface area contributed by atoms with E-state index in [4.69, 9.17) is 0 Å². The van der Waals surface area contributed by atoms with Crippen LogP contribution in [0.15, 0.2) is 84.9 Å². The van der Waals surface area contributed by atoms with E-state index < -0.39 is 46.5 Å². The summed E-state index contributed by atoms with van der Waals surface area (Å²) in [7, 11) is 0. The number of urea groups is 1. The van der Waals surface area contributed by atoms with E-state index in [-0.39, 0.29) is 6.54 Å². The maximum Gasteiger partial charge on any atom is 0.419 e. The van der Waals surface area contributed by atoms with E-state index in [2.05, 4.69) is 15.3 Å². The Morgan fingerprint density at radius 1 is 0.909 bits per heavy atom. The van der Waals surface area contributed by atoms with Gasteiger partial charge >= 0.3 is 12.2 Å². The molecule has 1 fully saturated rings. The molecule has 0 unspecified atom stereocenters. The molecule has 4 aromatic carbocycles. The van der Waals surface area contributed by atoms with Crippen molar-refractivity contribution in [3.63, 3.8) is 0 Å². The highest BCUT2D eigenvalue weighted by Gasteiger charge is 2.52. The summed E-state index contributed by atoms with van der Waals surface area (Å²) in [4.78, 5) is 36.5. The van der Waals surface area contributed by atoms with E-state index in [1.54, 1.807) is 12.1 Å². The number of fused-ring (bicyclic) bond motifs is 1. The molecule has 0 aliphatic carbocycles. The number of benzene rings is 4. The van der Waals surface area contributed by atoms with E-state index in [0.29, 0.717) is 39.8 Å². The van der Waals surface area contributed by atoms with Gasteiger partial charge in [0.15, 0.2) is 0 Å². The third kappa shape index (κ3) is 5.12. The van der Waals surface area contributed by atoms with Crippen LogP contribution in [0.4, 0.5) is 43.8 Å². The minimum Gasteiger partial charge on any atom is -0.355 e. The molecular weight excluding hydrogens is 581 g/mol. The van der Waals surface area contributed by atoms with Crippen LogP contribution in [-0.4, -0.2) is 32.3 Å². The summed E-state index contributed by atoms with van der Waals surface area (Å²) in [5.74, 6) is -2.19. The Morgan fingerprint density at radius 3 is 2.34 bits per heavy atom. The predicted molar refractivity (Wildman–Crippen MR) is 155 cm³/mol. The lowest BCUT2D eigenvalue weighted by molar-refractivity contribution is -0.140. The molecule has 7 nitrogen and oxygen atoms in total. The Labute approximate surface area is 247 Å². The van der Waals surface area contributed by atoms with Crippen molar-refractivity contribution in [2.75, 3.05) is 10.2 Å². The van der Waals surface area contributed by atoms with Crippen molar-refractivity contribution in [2.24, 2.45) is 0 Å².